The van der Waals surface area contributed by atoms with E-state index in [2.05, 4.69) is 0 Å². The maximum atomic E-state index is 13.9. The minimum Gasteiger partial charge on any atom is -0.335 e. The molecule has 0 aliphatic heterocycles. The number of nitro benzene ring substituents is 1. The standard InChI is InChI=1S/C18H17FN2O3S/c19-17-4-2-1-3-13(17)11-20(14-5-6-14)18(22)12-25-16-9-7-15(8-10-16)21(23)24/h1-4,7-10,14H,5-6,11-12H2. The van der Waals surface area contributed by atoms with Gasteiger partial charge in [-0.15, -0.1) is 11.8 Å². The molecular weight excluding hydrogens is 343 g/mol. The number of halogens is 1. The van der Waals surface area contributed by atoms with Crippen molar-refractivity contribution in [3.8, 4) is 0 Å². The zero-order valence-corrected chi connectivity index (χ0v) is 14.2. The monoisotopic (exact) mass is 360 g/mol. The molecular formula is C18H17FN2O3S. The van der Waals surface area contributed by atoms with E-state index in [1.807, 2.05) is 0 Å². The number of carbonyl (C=O) groups is 1. The summed E-state index contributed by atoms with van der Waals surface area (Å²) in [5.41, 5.74) is 0.540. The third-order valence-corrected chi connectivity index (χ3v) is 5.01. The van der Waals surface area contributed by atoms with Crippen molar-refractivity contribution in [1.82, 2.24) is 4.90 Å². The summed E-state index contributed by atoms with van der Waals surface area (Å²) < 4.78 is 13.9. The van der Waals surface area contributed by atoms with Gasteiger partial charge in [-0.25, -0.2) is 4.39 Å². The fraction of sp³-hybridized carbons (Fsp3) is 0.278. The lowest BCUT2D eigenvalue weighted by Gasteiger charge is -2.22. The van der Waals surface area contributed by atoms with E-state index < -0.39 is 4.92 Å². The van der Waals surface area contributed by atoms with E-state index in [4.69, 9.17) is 0 Å². The van der Waals surface area contributed by atoms with E-state index in [0.717, 1.165) is 17.7 Å². The molecule has 130 valence electrons. The highest BCUT2D eigenvalue weighted by molar-refractivity contribution is 8.00. The molecule has 1 saturated carbocycles. The first kappa shape index (κ1) is 17.4. The summed E-state index contributed by atoms with van der Waals surface area (Å²) in [4.78, 5) is 25.3. The Labute approximate surface area is 149 Å². The molecule has 5 nitrogen and oxygen atoms in total. The maximum Gasteiger partial charge on any atom is 0.269 e. The summed E-state index contributed by atoms with van der Waals surface area (Å²) >= 11 is 1.33. The van der Waals surface area contributed by atoms with E-state index in [0.29, 0.717) is 5.56 Å². The number of hydrogen-bond acceptors (Lipinski definition) is 4. The van der Waals surface area contributed by atoms with Gasteiger partial charge in [0.15, 0.2) is 0 Å². The maximum absolute atomic E-state index is 13.9. The second-order valence-electron chi connectivity index (χ2n) is 5.88. The molecule has 0 N–H and O–H groups in total. The van der Waals surface area contributed by atoms with Crippen molar-refractivity contribution in [3.63, 3.8) is 0 Å². The molecule has 0 saturated heterocycles. The number of carbonyl (C=O) groups excluding carboxylic acids is 1. The Kier molecular flexibility index (Phi) is 5.33. The van der Waals surface area contributed by atoms with E-state index >= 15 is 0 Å². The first-order chi connectivity index (χ1) is 12.0. The molecule has 1 amide bonds. The molecule has 0 unspecified atom stereocenters. The highest BCUT2D eigenvalue weighted by atomic mass is 32.2. The molecule has 0 heterocycles. The lowest BCUT2D eigenvalue weighted by Crippen LogP contribution is -2.34. The Hall–Kier alpha value is -2.41. The van der Waals surface area contributed by atoms with Crippen LogP contribution >= 0.6 is 11.8 Å². The number of amides is 1. The van der Waals surface area contributed by atoms with E-state index in [1.165, 1.54) is 30.0 Å². The van der Waals surface area contributed by atoms with Gasteiger partial charge in [0.05, 0.1) is 10.7 Å². The third kappa shape index (κ3) is 4.57. The molecule has 1 fully saturated rings. The SMILES string of the molecule is O=C(CSc1ccc([N+](=O)[O-])cc1)N(Cc1ccccc1F)C1CC1. The van der Waals surface area contributed by atoms with Crippen LogP contribution in [0.5, 0.6) is 0 Å². The average Bonchev–Trinajstić information content (AvgIpc) is 3.44. The summed E-state index contributed by atoms with van der Waals surface area (Å²) in [7, 11) is 0. The zero-order chi connectivity index (χ0) is 17.8. The molecule has 0 atom stereocenters. The Morgan fingerprint density at radius 3 is 2.48 bits per heavy atom. The predicted molar refractivity (Wildman–Crippen MR) is 93.8 cm³/mol. The van der Waals surface area contributed by atoms with Crippen molar-refractivity contribution in [1.29, 1.82) is 0 Å². The number of benzene rings is 2. The van der Waals surface area contributed by atoms with Gasteiger partial charge in [0.2, 0.25) is 5.91 Å². The van der Waals surface area contributed by atoms with Gasteiger partial charge in [0, 0.05) is 35.2 Å². The van der Waals surface area contributed by atoms with Crippen LogP contribution in [0.4, 0.5) is 10.1 Å². The molecule has 25 heavy (non-hydrogen) atoms. The van der Waals surface area contributed by atoms with Crippen molar-refractivity contribution >= 4 is 23.4 Å². The van der Waals surface area contributed by atoms with Crippen molar-refractivity contribution in [2.45, 2.75) is 30.3 Å². The summed E-state index contributed by atoms with van der Waals surface area (Å²) in [6.45, 7) is 0.275. The molecule has 1 aliphatic rings. The lowest BCUT2D eigenvalue weighted by molar-refractivity contribution is -0.384. The van der Waals surface area contributed by atoms with Gasteiger partial charge in [-0.2, -0.15) is 0 Å². The van der Waals surface area contributed by atoms with Gasteiger partial charge < -0.3 is 4.90 Å². The summed E-state index contributed by atoms with van der Waals surface area (Å²) in [5, 5.41) is 10.7. The van der Waals surface area contributed by atoms with Crippen LogP contribution in [-0.2, 0) is 11.3 Å². The fourth-order valence-electron chi connectivity index (χ4n) is 2.51. The van der Waals surface area contributed by atoms with Gasteiger partial charge in [-0.05, 0) is 31.0 Å². The van der Waals surface area contributed by atoms with Crippen LogP contribution in [0, 0.1) is 15.9 Å². The van der Waals surface area contributed by atoms with Gasteiger partial charge in [-0.1, -0.05) is 18.2 Å². The quantitative estimate of drug-likeness (QED) is 0.425. The normalized spacial score (nSPS) is 13.5. The second kappa shape index (κ2) is 7.65. The van der Waals surface area contributed by atoms with Crippen LogP contribution < -0.4 is 0 Å². The number of hydrogen-bond donors (Lipinski definition) is 0. The first-order valence-corrected chi connectivity index (χ1v) is 8.93. The summed E-state index contributed by atoms with van der Waals surface area (Å²) in [5.74, 6) is -0.124. The predicted octanol–water partition coefficient (Wildman–Crippen LogP) is 4.02. The minimum atomic E-state index is -0.456. The van der Waals surface area contributed by atoms with Crippen molar-refractivity contribution in [2.24, 2.45) is 0 Å². The number of non-ortho nitro benzene ring substituents is 1. The molecule has 2 aromatic rings. The highest BCUT2D eigenvalue weighted by Crippen LogP contribution is 2.30. The second-order valence-corrected chi connectivity index (χ2v) is 6.93. The third-order valence-electron chi connectivity index (χ3n) is 4.02. The van der Waals surface area contributed by atoms with E-state index in [1.54, 1.807) is 35.2 Å². The molecule has 0 aromatic heterocycles. The average molecular weight is 360 g/mol. The van der Waals surface area contributed by atoms with Gasteiger partial charge in [-0.3, -0.25) is 14.9 Å². The molecule has 7 heteroatoms. The molecule has 0 spiro atoms. The number of rotatable bonds is 7. The van der Waals surface area contributed by atoms with Crippen LogP contribution in [0.25, 0.3) is 0 Å². The zero-order valence-electron chi connectivity index (χ0n) is 13.4. The number of nitrogens with zero attached hydrogens (tertiary/aromatic N) is 2. The Bertz CT molecular complexity index is 778. The van der Waals surface area contributed by atoms with Crippen molar-refractivity contribution in [2.75, 3.05) is 5.75 Å². The smallest absolute Gasteiger partial charge is 0.269 e. The lowest BCUT2D eigenvalue weighted by atomic mass is 10.2. The fourth-order valence-corrected chi connectivity index (χ4v) is 3.29. The topological polar surface area (TPSA) is 63.4 Å². The van der Waals surface area contributed by atoms with Gasteiger partial charge in [0.25, 0.3) is 5.69 Å². The van der Waals surface area contributed by atoms with Crippen LogP contribution in [-0.4, -0.2) is 27.5 Å². The van der Waals surface area contributed by atoms with E-state index in [9.17, 15) is 19.3 Å². The molecule has 0 radical (unpaired) electrons. The van der Waals surface area contributed by atoms with Gasteiger partial charge in [0.1, 0.15) is 5.82 Å². The number of thioether (sulfide) groups is 1. The van der Waals surface area contributed by atoms with Crippen LogP contribution in [0.2, 0.25) is 0 Å². The molecule has 0 bridgehead atoms. The highest BCUT2D eigenvalue weighted by Gasteiger charge is 2.32. The van der Waals surface area contributed by atoms with Crippen LogP contribution in [0.15, 0.2) is 53.4 Å². The Balaban J connectivity index is 1.61. The van der Waals surface area contributed by atoms with Crippen molar-refractivity contribution in [3.05, 3.63) is 70.0 Å². The molecule has 1 aliphatic carbocycles. The van der Waals surface area contributed by atoms with Crippen LogP contribution in [0.3, 0.4) is 0 Å². The summed E-state index contributed by atoms with van der Waals surface area (Å²) in [6, 6.07) is 12.8. The van der Waals surface area contributed by atoms with Crippen LogP contribution in [0.1, 0.15) is 18.4 Å². The minimum absolute atomic E-state index is 0.0230. The Morgan fingerprint density at radius 2 is 1.88 bits per heavy atom. The van der Waals surface area contributed by atoms with Crippen molar-refractivity contribution < 1.29 is 14.1 Å². The molecule has 2 aromatic carbocycles. The van der Waals surface area contributed by atoms with Gasteiger partial charge >= 0.3 is 0 Å². The summed E-state index contributed by atoms with van der Waals surface area (Å²) in [6.07, 6.45) is 1.89. The largest absolute Gasteiger partial charge is 0.335 e. The first-order valence-electron chi connectivity index (χ1n) is 7.95. The molecule has 3 rings (SSSR count). The number of nitro groups is 1. The Morgan fingerprint density at radius 1 is 1.20 bits per heavy atom. The van der Waals surface area contributed by atoms with E-state index in [-0.39, 0.29) is 35.8 Å².